The first-order valence-corrected chi connectivity index (χ1v) is 9.49. The maximum Gasteiger partial charge on any atom is 0.252 e. The highest BCUT2D eigenvalue weighted by molar-refractivity contribution is 5.94. The van der Waals surface area contributed by atoms with Crippen molar-refractivity contribution in [3.63, 3.8) is 0 Å². The van der Waals surface area contributed by atoms with E-state index >= 15 is 0 Å². The van der Waals surface area contributed by atoms with E-state index in [1.807, 2.05) is 12.3 Å². The number of aromatic nitrogens is 1. The van der Waals surface area contributed by atoms with Gasteiger partial charge in [-0.1, -0.05) is 24.5 Å². The normalized spacial score (nSPS) is 18.7. The molecule has 4 heteroatoms. The highest BCUT2D eigenvalue weighted by Crippen LogP contribution is 2.21. The average molecular weight is 327 g/mol. The summed E-state index contributed by atoms with van der Waals surface area (Å²) in [5, 5.41) is 3.05. The number of pyridine rings is 1. The van der Waals surface area contributed by atoms with E-state index in [2.05, 4.69) is 21.3 Å². The minimum Gasteiger partial charge on any atom is -0.370 e. The maximum atomic E-state index is 12.4. The largest absolute Gasteiger partial charge is 0.370 e. The summed E-state index contributed by atoms with van der Waals surface area (Å²) in [4.78, 5) is 19.1. The lowest BCUT2D eigenvalue weighted by Crippen LogP contribution is -2.27. The third kappa shape index (κ3) is 4.83. The van der Waals surface area contributed by atoms with Crippen LogP contribution in [-0.2, 0) is 0 Å². The Bertz CT molecular complexity index is 574. The summed E-state index contributed by atoms with van der Waals surface area (Å²) >= 11 is 0. The van der Waals surface area contributed by atoms with Gasteiger partial charge in [-0.3, -0.25) is 9.78 Å². The lowest BCUT2D eigenvalue weighted by Gasteiger charge is -2.22. The van der Waals surface area contributed by atoms with Crippen LogP contribution in [0.3, 0.4) is 0 Å². The van der Waals surface area contributed by atoms with Crippen LogP contribution >= 0.6 is 0 Å². The summed E-state index contributed by atoms with van der Waals surface area (Å²) in [5.41, 5.74) is 3.26. The molecular formula is C20H29N3O. The van der Waals surface area contributed by atoms with E-state index in [0.717, 1.165) is 31.7 Å². The Kier molecular flexibility index (Phi) is 6.27. The van der Waals surface area contributed by atoms with Crippen LogP contribution in [0, 0.1) is 0 Å². The zero-order valence-electron chi connectivity index (χ0n) is 14.6. The Labute approximate surface area is 145 Å². The van der Waals surface area contributed by atoms with E-state index < -0.39 is 0 Å². The minimum atomic E-state index is -0.00409. The first kappa shape index (κ1) is 17.0. The van der Waals surface area contributed by atoms with Crippen LogP contribution in [0.25, 0.3) is 0 Å². The molecule has 4 nitrogen and oxygen atoms in total. The SMILES string of the molecule is O=C(NCCC1=CCCCC1)c1cncc(N2CCCCCC2)c1. The van der Waals surface area contributed by atoms with Gasteiger partial charge in [0.1, 0.15) is 0 Å². The minimum absolute atomic E-state index is 0.00409. The second-order valence-electron chi connectivity index (χ2n) is 6.95. The smallest absolute Gasteiger partial charge is 0.252 e. The van der Waals surface area contributed by atoms with E-state index in [0.29, 0.717) is 5.56 Å². The zero-order chi connectivity index (χ0) is 16.6. The molecule has 0 saturated carbocycles. The molecule has 1 amide bonds. The van der Waals surface area contributed by atoms with Crippen molar-refractivity contribution in [3.05, 3.63) is 35.7 Å². The molecule has 0 bridgehead atoms. The number of hydrogen-bond donors (Lipinski definition) is 1. The standard InChI is InChI=1S/C20H29N3O/c24-20(22-11-10-17-8-4-3-5-9-17)18-14-19(16-21-15-18)23-12-6-1-2-7-13-23/h8,14-16H,1-7,9-13H2,(H,22,24). The molecule has 0 unspecified atom stereocenters. The second kappa shape index (κ2) is 8.86. The van der Waals surface area contributed by atoms with Gasteiger partial charge in [0.2, 0.25) is 0 Å². The van der Waals surface area contributed by atoms with Crippen LogP contribution in [0.2, 0.25) is 0 Å². The molecule has 0 radical (unpaired) electrons. The summed E-state index contributed by atoms with van der Waals surface area (Å²) < 4.78 is 0. The molecule has 24 heavy (non-hydrogen) atoms. The lowest BCUT2D eigenvalue weighted by atomic mass is 9.97. The fourth-order valence-electron chi connectivity index (χ4n) is 3.62. The fourth-order valence-corrected chi connectivity index (χ4v) is 3.62. The molecule has 1 aliphatic heterocycles. The van der Waals surface area contributed by atoms with Crippen molar-refractivity contribution < 1.29 is 4.79 Å². The van der Waals surface area contributed by atoms with E-state index in [1.54, 1.807) is 6.20 Å². The van der Waals surface area contributed by atoms with Crippen LogP contribution < -0.4 is 10.2 Å². The van der Waals surface area contributed by atoms with Gasteiger partial charge in [-0.15, -0.1) is 0 Å². The number of nitrogens with zero attached hydrogens (tertiary/aromatic N) is 2. The summed E-state index contributed by atoms with van der Waals surface area (Å²) in [6.45, 7) is 2.86. The van der Waals surface area contributed by atoms with Crippen molar-refractivity contribution in [2.24, 2.45) is 0 Å². The lowest BCUT2D eigenvalue weighted by molar-refractivity contribution is 0.0953. The molecule has 1 fully saturated rings. The number of anilines is 1. The molecule has 130 valence electrons. The monoisotopic (exact) mass is 327 g/mol. The third-order valence-electron chi connectivity index (χ3n) is 5.07. The number of hydrogen-bond acceptors (Lipinski definition) is 3. The summed E-state index contributed by atoms with van der Waals surface area (Å²) in [6.07, 6.45) is 16.9. The van der Waals surface area contributed by atoms with Crippen molar-refractivity contribution in [2.45, 2.75) is 57.8 Å². The molecule has 0 spiro atoms. The summed E-state index contributed by atoms with van der Waals surface area (Å²) in [6, 6.07) is 1.99. The van der Waals surface area contributed by atoms with Crippen molar-refractivity contribution >= 4 is 11.6 Å². The van der Waals surface area contributed by atoms with Gasteiger partial charge in [-0.2, -0.15) is 0 Å². The van der Waals surface area contributed by atoms with E-state index in [9.17, 15) is 4.79 Å². The van der Waals surface area contributed by atoms with Crippen LogP contribution in [0.1, 0.15) is 68.1 Å². The van der Waals surface area contributed by atoms with Gasteiger partial charge in [-0.05, 0) is 51.0 Å². The molecule has 0 aromatic carbocycles. The molecule has 1 aromatic heterocycles. The van der Waals surface area contributed by atoms with Crippen molar-refractivity contribution in [1.82, 2.24) is 10.3 Å². The van der Waals surface area contributed by atoms with Gasteiger partial charge in [-0.25, -0.2) is 0 Å². The number of carbonyl (C=O) groups is 1. The van der Waals surface area contributed by atoms with Gasteiger partial charge in [0.15, 0.2) is 0 Å². The maximum absolute atomic E-state index is 12.4. The molecule has 2 aliphatic rings. The van der Waals surface area contributed by atoms with Crippen LogP contribution in [-0.4, -0.2) is 30.5 Å². The molecule has 1 N–H and O–H groups in total. The van der Waals surface area contributed by atoms with Crippen molar-refractivity contribution in [3.8, 4) is 0 Å². The van der Waals surface area contributed by atoms with Crippen LogP contribution in [0.15, 0.2) is 30.1 Å². The Hall–Kier alpha value is -1.84. The number of allylic oxidation sites excluding steroid dienone is 1. The van der Waals surface area contributed by atoms with Crippen molar-refractivity contribution in [2.75, 3.05) is 24.5 Å². The highest BCUT2D eigenvalue weighted by Gasteiger charge is 2.13. The topological polar surface area (TPSA) is 45.2 Å². The molecule has 1 aliphatic carbocycles. The van der Waals surface area contributed by atoms with Gasteiger partial charge < -0.3 is 10.2 Å². The Morgan fingerprint density at radius 1 is 1.08 bits per heavy atom. The Morgan fingerprint density at radius 2 is 1.92 bits per heavy atom. The number of carbonyl (C=O) groups excluding carboxylic acids is 1. The average Bonchev–Trinajstić information content (AvgIpc) is 2.92. The quantitative estimate of drug-likeness (QED) is 0.829. The third-order valence-corrected chi connectivity index (χ3v) is 5.07. The molecule has 2 heterocycles. The van der Waals surface area contributed by atoms with Crippen molar-refractivity contribution in [1.29, 1.82) is 0 Å². The fraction of sp³-hybridized carbons (Fsp3) is 0.600. The Balaban J connectivity index is 1.54. The van der Waals surface area contributed by atoms with Gasteiger partial charge in [0.05, 0.1) is 17.4 Å². The molecule has 0 atom stereocenters. The van der Waals surface area contributed by atoms with Crippen LogP contribution in [0.4, 0.5) is 5.69 Å². The van der Waals surface area contributed by atoms with Gasteiger partial charge in [0.25, 0.3) is 5.91 Å². The number of nitrogens with one attached hydrogen (secondary N) is 1. The molecule has 3 rings (SSSR count). The first-order chi connectivity index (χ1) is 11.8. The molecule has 1 aromatic rings. The van der Waals surface area contributed by atoms with Gasteiger partial charge >= 0.3 is 0 Å². The van der Waals surface area contributed by atoms with Gasteiger partial charge in [0, 0.05) is 25.8 Å². The first-order valence-electron chi connectivity index (χ1n) is 9.49. The van der Waals surface area contributed by atoms with E-state index in [4.69, 9.17) is 0 Å². The summed E-state index contributed by atoms with van der Waals surface area (Å²) in [5.74, 6) is -0.00409. The van der Waals surface area contributed by atoms with E-state index in [1.165, 1.54) is 56.9 Å². The molecule has 1 saturated heterocycles. The summed E-state index contributed by atoms with van der Waals surface area (Å²) in [7, 11) is 0. The predicted octanol–water partition coefficient (Wildman–Crippen LogP) is 4.08. The highest BCUT2D eigenvalue weighted by atomic mass is 16.1. The van der Waals surface area contributed by atoms with Crippen LogP contribution in [0.5, 0.6) is 0 Å². The number of rotatable bonds is 5. The van der Waals surface area contributed by atoms with E-state index in [-0.39, 0.29) is 5.91 Å². The second-order valence-corrected chi connectivity index (χ2v) is 6.95. The number of amides is 1. The zero-order valence-corrected chi connectivity index (χ0v) is 14.6. The predicted molar refractivity (Wildman–Crippen MR) is 98.4 cm³/mol. The molecular weight excluding hydrogens is 298 g/mol. The Morgan fingerprint density at radius 3 is 2.67 bits per heavy atom.